The topological polar surface area (TPSA) is 3.24 Å². The molecule has 0 bridgehead atoms. The Morgan fingerprint density at radius 3 is 3.00 bits per heavy atom. The molecule has 1 unspecified atom stereocenters. The lowest BCUT2D eigenvalue weighted by Crippen LogP contribution is -2.24. The van der Waals surface area contributed by atoms with Crippen molar-refractivity contribution in [3.8, 4) is 0 Å². The first-order valence-corrected chi connectivity index (χ1v) is 4.23. The zero-order valence-corrected chi connectivity index (χ0v) is 6.89. The van der Waals surface area contributed by atoms with Crippen molar-refractivity contribution in [1.29, 1.82) is 0 Å². The molecule has 2 heteroatoms. The highest BCUT2D eigenvalue weighted by atomic mass is 19.1. The normalized spacial score (nSPS) is 44.9. The van der Waals surface area contributed by atoms with Crippen LogP contribution in [0.2, 0.25) is 0 Å². The predicted octanol–water partition coefficient (Wildman–Crippen LogP) is 1.60. The maximum Gasteiger partial charge on any atom is 0.117 e. The Hall–Kier alpha value is -0.370. The number of nitrogens with zero attached hydrogens (tertiary/aromatic N) is 1. The van der Waals surface area contributed by atoms with E-state index in [0.29, 0.717) is 12.6 Å². The smallest absolute Gasteiger partial charge is 0.117 e. The van der Waals surface area contributed by atoms with Crippen LogP contribution in [0.15, 0.2) is 12.2 Å². The predicted molar refractivity (Wildman–Crippen MR) is 43.2 cm³/mol. The van der Waals surface area contributed by atoms with Gasteiger partial charge in [-0.15, -0.1) is 0 Å². The fraction of sp³-hybridized carbons (Fsp3) is 0.778. The molecule has 0 aromatic heterocycles. The third kappa shape index (κ3) is 1.00. The molecular formula is C9H14FN. The number of hydrogen-bond donors (Lipinski definition) is 0. The Balaban J connectivity index is 2.13. The Kier molecular flexibility index (Phi) is 1.53. The number of fused-ring (bicyclic) bond motifs is 1. The molecule has 0 aliphatic carbocycles. The molecule has 0 aromatic rings. The van der Waals surface area contributed by atoms with Gasteiger partial charge in [0.2, 0.25) is 0 Å². The summed E-state index contributed by atoms with van der Waals surface area (Å²) in [6, 6.07) is 0.456. The fourth-order valence-electron chi connectivity index (χ4n) is 2.24. The van der Waals surface area contributed by atoms with E-state index < -0.39 is 6.17 Å². The van der Waals surface area contributed by atoms with Crippen LogP contribution in [0.3, 0.4) is 0 Å². The number of alkyl halides is 1. The van der Waals surface area contributed by atoms with Crippen LogP contribution < -0.4 is 0 Å². The van der Waals surface area contributed by atoms with Gasteiger partial charge < -0.3 is 0 Å². The third-order valence-corrected chi connectivity index (χ3v) is 2.98. The molecular weight excluding hydrogens is 141 g/mol. The van der Waals surface area contributed by atoms with Crippen LogP contribution in [0, 0.1) is 5.92 Å². The average Bonchev–Trinajstić information content (AvgIpc) is 2.37. The second kappa shape index (κ2) is 2.31. The van der Waals surface area contributed by atoms with Crippen LogP contribution in [-0.2, 0) is 0 Å². The van der Waals surface area contributed by atoms with Crippen LogP contribution in [0.25, 0.3) is 0 Å². The van der Waals surface area contributed by atoms with E-state index in [9.17, 15) is 4.39 Å². The second-order valence-electron chi connectivity index (χ2n) is 3.83. The molecule has 0 saturated carbocycles. The minimum atomic E-state index is -0.604. The SMILES string of the molecule is C=C1C[C@@H]2C(C)[C@@H](F)CN2C1. The van der Waals surface area contributed by atoms with Gasteiger partial charge in [-0.05, 0) is 6.42 Å². The van der Waals surface area contributed by atoms with Gasteiger partial charge >= 0.3 is 0 Å². The van der Waals surface area contributed by atoms with Gasteiger partial charge in [-0.25, -0.2) is 4.39 Å². The summed E-state index contributed by atoms with van der Waals surface area (Å²) in [6.07, 6.45) is 0.412. The van der Waals surface area contributed by atoms with Crippen molar-refractivity contribution in [2.75, 3.05) is 13.1 Å². The standard InChI is InChI=1S/C9H14FN/c1-6-3-9-7(2)8(10)5-11(9)4-6/h7-9H,1,3-5H2,2H3/t7?,8-,9+/m0/s1. The van der Waals surface area contributed by atoms with E-state index in [1.54, 1.807) is 0 Å². The minimum Gasteiger partial charge on any atom is -0.293 e. The molecule has 2 heterocycles. The minimum absolute atomic E-state index is 0.217. The average molecular weight is 155 g/mol. The molecule has 0 spiro atoms. The summed E-state index contributed by atoms with van der Waals surface area (Å²) in [5.41, 5.74) is 1.27. The summed E-state index contributed by atoms with van der Waals surface area (Å²) in [6.45, 7) is 7.50. The van der Waals surface area contributed by atoms with Gasteiger partial charge in [0.1, 0.15) is 6.17 Å². The summed E-state index contributed by atoms with van der Waals surface area (Å²) in [4.78, 5) is 2.22. The number of hydrogen-bond acceptors (Lipinski definition) is 1. The van der Waals surface area contributed by atoms with E-state index in [1.807, 2.05) is 6.92 Å². The van der Waals surface area contributed by atoms with E-state index in [-0.39, 0.29) is 5.92 Å². The molecule has 1 nitrogen and oxygen atoms in total. The van der Waals surface area contributed by atoms with E-state index in [1.165, 1.54) is 5.57 Å². The van der Waals surface area contributed by atoms with E-state index >= 15 is 0 Å². The summed E-state index contributed by atoms with van der Waals surface area (Å²) < 4.78 is 13.1. The van der Waals surface area contributed by atoms with Gasteiger partial charge in [-0.1, -0.05) is 19.1 Å². The van der Waals surface area contributed by atoms with E-state index in [0.717, 1.165) is 13.0 Å². The van der Waals surface area contributed by atoms with Gasteiger partial charge in [0.15, 0.2) is 0 Å². The molecule has 2 saturated heterocycles. The van der Waals surface area contributed by atoms with Gasteiger partial charge in [0.05, 0.1) is 0 Å². The Bertz CT molecular complexity index is 190. The lowest BCUT2D eigenvalue weighted by molar-refractivity contribution is 0.279. The van der Waals surface area contributed by atoms with Crippen molar-refractivity contribution in [3.63, 3.8) is 0 Å². The van der Waals surface area contributed by atoms with Gasteiger partial charge in [0.25, 0.3) is 0 Å². The Morgan fingerprint density at radius 1 is 1.64 bits per heavy atom. The summed E-state index contributed by atoms with van der Waals surface area (Å²) >= 11 is 0. The van der Waals surface area contributed by atoms with Crippen molar-refractivity contribution >= 4 is 0 Å². The monoisotopic (exact) mass is 155 g/mol. The molecule has 0 aromatic carbocycles. The maximum atomic E-state index is 13.1. The highest BCUT2D eigenvalue weighted by Gasteiger charge is 2.42. The molecule has 0 radical (unpaired) electrons. The summed E-state index contributed by atoms with van der Waals surface area (Å²) in [7, 11) is 0. The molecule has 0 amide bonds. The molecule has 11 heavy (non-hydrogen) atoms. The van der Waals surface area contributed by atoms with Crippen molar-refractivity contribution in [3.05, 3.63) is 12.2 Å². The first-order chi connectivity index (χ1) is 5.18. The highest BCUT2D eigenvalue weighted by Crippen LogP contribution is 2.35. The summed E-state index contributed by atoms with van der Waals surface area (Å²) in [5, 5.41) is 0. The lowest BCUT2D eigenvalue weighted by atomic mass is 9.98. The van der Waals surface area contributed by atoms with Gasteiger partial charge in [0, 0.05) is 25.0 Å². The first-order valence-electron chi connectivity index (χ1n) is 4.23. The maximum absolute atomic E-state index is 13.1. The third-order valence-electron chi connectivity index (χ3n) is 2.98. The molecule has 2 aliphatic rings. The zero-order valence-electron chi connectivity index (χ0n) is 6.89. The molecule has 3 atom stereocenters. The number of rotatable bonds is 0. The van der Waals surface area contributed by atoms with E-state index in [4.69, 9.17) is 0 Å². The van der Waals surface area contributed by atoms with Crippen LogP contribution in [0.1, 0.15) is 13.3 Å². The Labute approximate surface area is 66.9 Å². The molecule has 0 N–H and O–H groups in total. The van der Waals surface area contributed by atoms with Gasteiger partial charge in [-0.3, -0.25) is 4.90 Å². The molecule has 2 fully saturated rings. The largest absolute Gasteiger partial charge is 0.293 e. The highest BCUT2D eigenvalue weighted by molar-refractivity contribution is 5.12. The molecule has 2 aliphatic heterocycles. The fourth-order valence-corrected chi connectivity index (χ4v) is 2.24. The van der Waals surface area contributed by atoms with Crippen molar-refractivity contribution in [2.45, 2.75) is 25.6 Å². The van der Waals surface area contributed by atoms with Crippen LogP contribution in [0.4, 0.5) is 4.39 Å². The quantitative estimate of drug-likeness (QED) is 0.480. The first kappa shape index (κ1) is 7.29. The van der Waals surface area contributed by atoms with Crippen LogP contribution >= 0.6 is 0 Å². The second-order valence-corrected chi connectivity index (χ2v) is 3.83. The van der Waals surface area contributed by atoms with Crippen LogP contribution in [0.5, 0.6) is 0 Å². The van der Waals surface area contributed by atoms with Crippen LogP contribution in [-0.4, -0.2) is 30.2 Å². The van der Waals surface area contributed by atoms with Crippen molar-refractivity contribution < 1.29 is 4.39 Å². The van der Waals surface area contributed by atoms with Crippen molar-refractivity contribution in [1.82, 2.24) is 4.90 Å². The number of halogens is 1. The zero-order chi connectivity index (χ0) is 8.01. The lowest BCUT2D eigenvalue weighted by Gasteiger charge is -2.15. The summed E-state index contributed by atoms with van der Waals surface area (Å²) in [5.74, 6) is 0.217. The van der Waals surface area contributed by atoms with Gasteiger partial charge in [-0.2, -0.15) is 0 Å². The van der Waals surface area contributed by atoms with E-state index in [2.05, 4.69) is 11.5 Å². The van der Waals surface area contributed by atoms with Crippen molar-refractivity contribution in [2.24, 2.45) is 5.92 Å². The Morgan fingerprint density at radius 2 is 2.36 bits per heavy atom. The molecule has 2 rings (SSSR count). The molecule has 62 valence electrons.